The Kier molecular flexibility index (Phi) is 7.06. The molecule has 0 atom stereocenters. The van der Waals surface area contributed by atoms with E-state index in [4.69, 9.17) is 0 Å². The van der Waals surface area contributed by atoms with Crippen molar-refractivity contribution < 1.29 is 9.59 Å². The summed E-state index contributed by atoms with van der Waals surface area (Å²) in [7, 11) is 0. The van der Waals surface area contributed by atoms with Crippen LogP contribution < -0.4 is 10.2 Å². The molecule has 1 aliphatic rings. The Morgan fingerprint density at radius 2 is 1.68 bits per heavy atom. The quantitative estimate of drug-likeness (QED) is 0.761. The molecule has 1 heterocycles. The highest BCUT2D eigenvalue weighted by Gasteiger charge is 2.15. The minimum absolute atomic E-state index is 0.0763. The Bertz CT molecular complexity index is 768. The highest BCUT2D eigenvalue weighted by Crippen LogP contribution is 2.22. The molecule has 1 aliphatic heterocycles. The second-order valence-electron chi connectivity index (χ2n) is 7.32. The second-order valence-corrected chi connectivity index (χ2v) is 7.32. The maximum atomic E-state index is 12.4. The Balaban J connectivity index is 1.47. The number of rotatable bonds is 8. The lowest BCUT2D eigenvalue weighted by Gasteiger charge is -2.21. The van der Waals surface area contributed by atoms with Crippen molar-refractivity contribution >= 4 is 23.2 Å². The number of nitrogens with zero attached hydrogens (tertiary/aromatic N) is 2. The molecular weight excluding hydrogens is 350 g/mol. The molecule has 1 N–H and O–H groups in total. The summed E-state index contributed by atoms with van der Waals surface area (Å²) in [6.45, 7) is 4.37. The lowest BCUT2D eigenvalue weighted by atomic mass is 10.1. The molecule has 5 heteroatoms. The average molecular weight is 380 g/mol. The summed E-state index contributed by atoms with van der Waals surface area (Å²) in [4.78, 5) is 28.3. The van der Waals surface area contributed by atoms with Crippen molar-refractivity contribution in [2.75, 3.05) is 36.4 Å². The molecule has 0 radical (unpaired) electrons. The SMILES string of the molecule is CC(=O)N(CCCc1ccccc1)CC(=O)Nc1ccc(N2CCCC2)cc1. The number of carbonyl (C=O) groups is 2. The van der Waals surface area contributed by atoms with Crippen molar-refractivity contribution in [3.8, 4) is 0 Å². The Labute approximate surface area is 167 Å². The third-order valence-electron chi connectivity index (χ3n) is 5.14. The summed E-state index contributed by atoms with van der Waals surface area (Å²) in [5, 5.41) is 2.90. The molecule has 3 rings (SSSR count). The molecule has 2 amide bonds. The van der Waals surface area contributed by atoms with Crippen molar-refractivity contribution in [1.29, 1.82) is 0 Å². The van der Waals surface area contributed by atoms with Gasteiger partial charge in [0.1, 0.15) is 0 Å². The maximum absolute atomic E-state index is 12.4. The summed E-state index contributed by atoms with van der Waals surface area (Å²) < 4.78 is 0. The standard InChI is InChI=1S/C23H29N3O2/c1-19(27)26(17-7-10-20-8-3-2-4-9-20)18-23(28)24-21-11-13-22(14-12-21)25-15-5-6-16-25/h2-4,8-9,11-14H,5-7,10,15-18H2,1H3,(H,24,28). The number of amides is 2. The first-order chi connectivity index (χ1) is 13.6. The minimum atomic E-state index is -0.163. The van der Waals surface area contributed by atoms with Crippen molar-refractivity contribution in [2.24, 2.45) is 0 Å². The lowest BCUT2D eigenvalue weighted by molar-refractivity contribution is -0.132. The third-order valence-corrected chi connectivity index (χ3v) is 5.14. The van der Waals surface area contributed by atoms with Crippen molar-refractivity contribution in [1.82, 2.24) is 4.90 Å². The van der Waals surface area contributed by atoms with E-state index in [2.05, 4.69) is 22.3 Å². The maximum Gasteiger partial charge on any atom is 0.243 e. The summed E-state index contributed by atoms with van der Waals surface area (Å²) in [5.41, 5.74) is 3.20. The van der Waals surface area contributed by atoms with Gasteiger partial charge in [0, 0.05) is 37.9 Å². The summed E-state index contributed by atoms with van der Waals surface area (Å²) >= 11 is 0. The molecule has 0 aromatic heterocycles. The van der Waals surface area contributed by atoms with E-state index in [0.29, 0.717) is 6.54 Å². The highest BCUT2D eigenvalue weighted by atomic mass is 16.2. The van der Waals surface area contributed by atoms with E-state index in [0.717, 1.165) is 31.6 Å². The van der Waals surface area contributed by atoms with Crippen LogP contribution in [0.4, 0.5) is 11.4 Å². The molecule has 1 saturated heterocycles. The normalized spacial score (nSPS) is 13.4. The van der Waals surface area contributed by atoms with Crippen molar-refractivity contribution in [3.05, 3.63) is 60.2 Å². The van der Waals surface area contributed by atoms with E-state index < -0.39 is 0 Å². The van der Waals surface area contributed by atoms with Crippen LogP contribution in [0.3, 0.4) is 0 Å². The smallest absolute Gasteiger partial charge is 0.243 e. The highest BCUT2D eigenvalue weighted by molar-refractivity contribution is 5.94. The first-order valence-corrected chi connectivity index (χ1v) is 10.1. The van der Waals surface area contributed by atoms with E-state index in [1.165, 1.54) is 31.0 Å². The van der Waals surface area contributed by atoms with Crippen LogP contribution in [0.5, 0.6) is 0 Å². The molecule has 0 aliphatic carbocycles. The first kappa shape index (κ1) is 19.9. The third kappa shape index (κ3) is 5.84. The van der Waals surface area contributed by atoms with Crippen molar-refractivity contribution in [2.45, 2.75) is 32.6 Å². The zero-order valence-electron chi connectivity index (χ0n) is 16.6. The molecule has 0 saturated carbocycles. The number of hydrogen-bond donors (Lipinski definition) is 1. The molecule has 2 aromatic carbocycles. The van der Waals surface area contributed by atoms with Gasteiger partial charge in [-0.25, -0.2) is 0 Å². The second kappa shape index (κ2) is 9.93. The molecule has 0 unspecified atom stereocenters. The first-order valence-electron chi connectivity index (χ1n) is 10.1. The Morgan fingerprint density at radius 3 is 2.32 bits per heavy atom. The lowest BCUT2D eigenvalue weighted by Crippen LogP contribution is -2.37. The van der Waals surface area contributed by atoms with Crippen LogP contribution in [0.2, 0.25) is 0 Å². The van der Waals surface area contributed by atoms with Gasteiger partial charge >= 0.3 is 0 Å². The number of aryl methyl sites for hydroxylation is 1. The minimum Gasteiger partial charge on any atom is -0.372 e. The van der Waals surface area contributed by atoms with Gasteiger partial charge in [-0.3, -0.25) is 9.59 Å². The van der Waals surface area contributed by atoms with Gasteiger partial charge in [-0.05, 0) is 55.5 Å². The fourth-order valence-corrected chi connectivity index (χ4v) is 3.57. The number of anilines is 2. The van der Waals surface area contributed by atoms with Crippen LogP contribution in [0.1, 0.15) is 31.7 Å². The van der Waals surface area contributed by atoms with Gasteiger partial charge in [0.05, 0.1) is 6.54 Å². The van der Waals surface area contributed by atoms with E-state index in [1.807, 2.05) is 42.5 Å². The summed E-state index contributed by atoms with van der Waals surface area (Å²) in [5.74, 6) is -0.239. The largest absolute Gasteiger partial charge is 0.372 e. The zero-order chi connectivity index (χ0) is 19.8. The van der Waals surface area contributed by atoms with Crippen LogP contribution in [0.25, 0.3) is 0 Å². The van der Waals surface area contributed by atoms with E-state index in [1.54, 1.807) is 4.90 Å². The van der Waals surface area contributed by atoms with Gasteiger partial charge in [0.2, 0.25) is 11.8 Å². The van der Waals surface area contributed by atoms with E-state index >= 15 is 0 Å². The Hall–Kier alpha value is -2.82. The molecule has 28 heavy (non-hydrogen) atoms. The van der Waals surface area contributed by atoms with Gasteiger partial charge < -0.3 is 15.1 Å². The zero-order valence-corrected chi connectivity index (χ0v) is 16.6. The van der Waals surface area contributed by atoms with E-state index in [-0.39, 0.29) is 18.4 Å². The van der Waals surface area contributed by atoms with Gasteiger partial charge in [0.25, 0.3) is 0 Å². The van der Waals surface area contributed by atoms with Crippen LogP contribution in [-0.4, -0.2) is 42.9 Å². The van der Waals surface area contributed by atoms with Crippen LogP contribution >= 0.6 is 0 Å². The number of nitrogens with one attached hydrogen (secondary N) is 1. The topological polar surface area (TPSA) is 52.7 Å². The molecule has 0 spiro atoms. The molecular formula is C23H29N3O2. The number of carbonyl (C=O) groups excluding carboxylic acids is 2. The van der Waals surface area contributed by atoms with Crippen molar-refractivity contribution in [3.63, 3.8) is 0 Å². The van der Waals surface area contributed by atoms with Gasteiger partial charge in [0.15, 0.2) is 0 Å². The average Bonchev–Trinajstić information content (AvgIpc) is 3.23. The number of benzene rings is 2. The summed E-state index contributed by atoms with van der Waals surface area (Å²) in [6, 6.07) is 18.1. The summed E-state index contributed by atoms with van der Waals surface area (Å²) in [6.07, 6.45) is 4.21. The van der Waals surface area contributed by atoms with E-state index in [9.17, 15) is 9.59 Å². The fraction of sp³-hybridized carbons (Fsp3) is 0.391. The molecule has 5 nitrogen and oxygen atoms in total. The van der Waals surface area contributed by atoms with Gasteiger partial charge in [-0.15, -0.1) is 0 Å². The fourth-order valence-electron chi connectivity index (χ4n) is 3.57. The molecule has 0 bridgehead atoms. The van der Waals surface area contributed by atoms with Gasteiger partial charge in [-0.1, -0.05) is 30.3 Å². The van der Waals surface area contributed by atoms with Crippen LogP contribution in [0, 0.1) is 0 Å². The monoisotopic (exact) mass is 379 g/mol. The van der Waals surface area contributed by atoms with Gasteiger partial charge in [-0.2, -0.15) is 0 Å². The predicted octanol–water partition coefficient (Wildman–Crippen LogP) is 3.71. The van der Waals surface area contributed by atoms with Crippen LogP contribution in [-0.2, 0) is 16.0 Å². The molecule has 1 fully saturated rings. The van der Waals surface area contributed by atoms with Crippen LogP contribution in [0.15, 0.2) is 54.6 Å². The Morgan fingerprint density at radius 1 is 1.00 bits per heavy atom. The number of hydrogen-bond acceptors (Lipinski definition) is 3. The molecule has 2 aromatic rings. The predicted molar refractivity (Wildman–Crippen MR) is 114 cm³/mol. The molecule has 148 valence electrons.